The SMILES string of the molecule is Cc1ccc(C(O)=C2C(=O)C(=O)N(CCCC(=O)O)[C@H]2c2ccc(C)cc2)cc1. The molecule has 1 heterocycles. The van der Waals surface area contributed by atoms with Gasteiger partial charge in [0.05, 0.1) is 11.6 Å². The molecule has 0 radical (unpaired) electrons. The Hall–Kier alpha value is -3.41. The third-order valence-electron chi connectivity index (χ3n) is 5.05. The normalized spacial score (nSPS) is 18.3. The van der Waals surface area contributed by atoms with E-state index in [0.29, 0.717) is 11.1 Å². The summed E-state index contributed by atoms with van der Waals surface area (Å²) in [4.78, 5) is 37.8. The lowest BCUT2D eigenvalue weighted by Crippen LogP contribution is -2.31. The molecule has 0 saturated carbocycles. The van der Waals surface area contributed by atoms with Crippen LogP contribution in [0.25, 0.3) is 5.76 Å². The lowest BCUT2D eigenvalue weighted by Gasteiger charge is -2.25. The zero-order valence-electron chi connectivity index (χ0n) is 16.4. The Kier molecular flexibility index (Phi) is 5.82. The minimum Gasteiger partial charge on any atom is -0.507 e. The van der Waals surface area contributed by atoms with Crippen LogP contribution in [0.4, 0.5) is 0 Å². The molecular formula is C23H23NO5. The Labute approximate surface area is 169 Å². The number of aliphatic hydroxyl groups excluding tert-OH is 1. The third kappa shape index (κ3) is 4.21. The number of rotatable bonds is 6. The van der Waals surface area contributed by atoms with Crippen molar-refractivity contribution in [3.8, 4) is 0 Å². The number of carbonyl (C=O) groups excluding carboxylic acids is 2. The fraction of sp³-hybridized carbons (Fsp3) is 0.261. The van der Waals surface area contributed by atoms with Gasteiger partial charge in [-0.25, -0.2) is 0 Å². The van der Waals surface area contributed by atoms with E-state index in [-0.39, 0.29) is 30.7 Å². The summed E-state index contributed by atoms with van der Waals surface area (Å²) in [7, 11) is 0. The van der Waals surface area contributed by atoms with Crippen LogP contribution in [0.3, 0.4) is 0 Å². The van der Waals surface area contributed by atoms with Crippen LogP contribution in [0.5, 0.6) is 0 Å². The number of hydrogen-bond donors (Lipinski definition) is 2. The molecule has 0 aliphatic carbocycles. The van der Waals surface area contributed by atoms with Crippen LogP contribution in [0.2, 0.25) is 0 Å². The summed E-state index contributed by atoms with van der Waals surface area (Å²) >= 11 is 0. The predicted octanol–water partition coefficient (Wildman–Crippen LogP) is 3.59. The van der Waals surface area contributed by atoms with Crippen LogP contribution in [0, 0.1) is 13.8 Å². The van der Waals surface area contributed by atoms with Crippen molar-refractivity contribution in [1.82, 2.24) is 4.90 Å². The smallest absolute Gasteiger partial charge is 0.303 e. The van der Waals surface area contributed by atoms with Gasteiger partial charge in [0.2, 0.25) is 0 Å². The van der Waals surface area contributed by atoms with Crippen LogP contribution in [-0.4, -0.2) is 39.3 Å². The Morgan fingerprint density at radius 1 is 0.931 bits per heavy atom. The van der Waals surface area contributed by atoms with E-state index in [9.17, 15) is 19.5 Å². The van der Waals surface area contributed by atoms with Gasteiger partial charge in [0.25, 0.3) is 11.7 Å². The number of likely N-dealkylation sites (tertiary alicyclic amines) is 1. The molecule has 1 aliphatic heterocycles. The molecule has 1 atom stereocenters. The highest BCUT2D eigenvalue weighted by atomic mass is 16.4. The number of carboxylic acid groups (broad SMARTS) is 1. The van der Waals surface area contributed by atoms with Gasteiger partial charge < -0.3 is 15.1 Å². The highest BCUT2D eigenvalue weighted by molar-refractivity contribution is 6.46. The lowest BCUT2D eigenvalue weighted by atomic mass is 9.94. The maximum atomic E-state index is 12.8. The first-order valence-electron chi connectivity index (χ1n) is 9.43. The summed E-state index contributed by atoms with van der Waals surface area (Å²) in [5.74, 6) is -2.68. The Morgan fingerprint density at radius 2 is 1.48 bits per heavy atom. The van der Waals surface area contributed by atoms with Crippen molar-refractivity contribution >= 4 is 23.4 Å². The van der Waals surface area contributed by atoms with E-state index in [4.69, 9.17) is 5.11 Å². The van der Waals surface area contributed by atoms with Gasteiger partial charge in [-0.2, -0.15) is 0 Å². The molecule has 0 unspecified atom stereocenters. The number of carboxylic acids is 1. The highest BCUT2D eigenvalue weighted by Gasteiger charge is 2.45. The average molecular weight is 393 g/mol. The minimum atomic E-state index is -0.965. The number of aliphatic carboxylic acids is 1. The number of Topliss-reactive ketones (excluding diaryl/α,β-unsaturated/α-hetero) is 1. The van der Waals surface area contributed by atoms with E-state index in [0.717, 1.165) is 11.1 Å². The molecule has 1 saturated heterocycles. The topological polar surface area (TPSA) is 94.9 Å². The van der Waals surface area contributed by atoms with Crippen molar-refractivity contribution in [2.75, 3.05) is 6.54 Å². The number of aliphatic hydroxyl groups is 1. The summed E-state index contributed by atoms with van der Waals surface area (Å²) in [6.07, 6.45) is 0.108. The minimum absolute atomic E-state index is 0.0260. The van der Waals surface area contributed by atoms with E-state index in [1.54, 1.807) is 12.1 Å². The number of amides is 1. The van der Waals surface area contributed by atoms with Crippen LogP contribution in [0.15, 0.2) is 54.1 Å². The van der Waals surface area contributed by atoms with E-state index in [2.05, 4.69) is 0 Å². The molecule has 0 bridgehead atoms. The number of nitrogens with zero attached hydrogens (tertiary/aromatic N) is 1. The Bertz CT molecular complexity index is 973. The largest absolute Gasteiger partial charge is 0.507 e. The molecule has 2 aromatic carbocycles. The molecule has 0 spiro atoms. The Balaban J connectivity index is 2.08. The maximum Gasteiger partial charge on any atom is 0.303 e. The van der Waals surface area contributed by atoms with Gasteiger partial charge in [-0.05, 0) is 25.8 Å². The zero-order valence-corrected chi connectivity index (χ0v) is 16.4. The molecule has 150 valence electrons. The molecule has 6 heteroatoms. The average Bonchev–Trinajstić information content (AvgIpc) is 2.93. The molecule has 3 rings (SSSR count). The number of ketones is 1. The predicted molar refractivity (Wildman–Crippen MR) is 108 cm³/mol. The maximum absolute atomic E-state index is 12.8. The van der Waals surface area contributed by atoms with Gasteiger partial charge in [-0.15, -0.1) is 0 Å². The van der Waals surface area contributed by atoms with Gasteiger partial charge in [0.1, 0.15) is 5.76 Å². The van der Waals surface area contributed by atoms with Crippen molar-refractivity contribution in [2.24, 2.45) is 0 Å². The molecule has 2 aromatic rings. The van der Waals surface area contributed by atoms with Crippen LogP contribution in [-0.2, 0) is 14.4 Å². The summed E-state index contributed by atoms with van der Waals surface area (Å²) in [6, 6.07) is 13.7. The highest BCUT2D eigenvalue weighted by Crippen LogP contribution is 2.39. The van der Waals surface area contributed by atoms with Crippen molar-refractivity contribution in [3.63, 3.8) is 0 Å². The third-order valence-corrected chi connectivity index (χ3v) is 5.05. The summed E-state index contributed by atoms with van der Waals surface area (Å²) in [6.45, 7) is 3.96. The quantitative estimate of drug-likeness (QED) is 0.444. The standard InChI is InChI=1S/C23H23NO5/c1-14-5-9-16(10-6-14)20-19(21(27)17-11-7-15(2)8-12-17)22(28)23(29)24(20)13-3-4-18(25)26/h5-12,20,27H,3-4,13H2,1-2H3,(H,25,26)/t20-/m0/s1. The second-order valence-electron chi connectivity index (χ2n) is 7.27. The first kappa shape index (κ1) is 20.3. The fourth-order valence-electron chi connectivity index (χ4n) is 3.47. The summed E-state index contributed by atoms with van der Waals surface area (Å²) < 4.78 is 0. The van der Waals surface area contributed by atoms with Crippen LogP contribution < -0.4 is 0 Å². The number of aryl methyl sites for hydroxylation is 2. The van der Waals surface area contributed by atoms with E-state index in [1.807, 2.05) is 50.2 Å². The van der Waals surface area contributed by atoms with E-state index < -0.39 is 23.7 Å². The van der Waals surface area contributed by atoms with Gasteiger partial charge in [0, 0.05) is 18.5 Å². The summed E-state index contributed by atoms with van der Waals surface area (Å²) in [5.41, 5.74) is 3.20. The summed E-state index contributed by atoms with van der Waals surface area (Å²) in [5, 5.41) is 19.8. The van der Waals surface area contributed by atoms with Crippen LogP contribution in [0.1, 0.15) is 41.1 Å². The second-order valence-corrected chi connectivity index (χ2v) is 7.27. The first-order chi connectivity index (χ1) is 13.8. The molecule has 29 heavy (non-hydrogen) atoms. The van der Waals surface area contributed by atoms with Crippen molar-refractivity contribution in [3.05, 3.63) is 76.4 Å². The molecule has 1 fully saturated rings. The van der Waals surface area contributed by atoms with Crippen molar-refractivity contribution in [2.45, 2.75) is 32.7 Å². The first-order valence-corrected chi connectivity index (χ1v) is 9.43. The number of benzene rings is 2. The Morgan fingerprint density at radius 3 is 2.03 bits per heavy atom. The lowest BCUT2D eigenvalue weighted by molar-refractivity contribution is -0.140. The van der Waals surface area contributed by atoms with Gasteiger partial charge >= 0.3 is 5.97 Å². The zero-order chi connectivity index (χ0) is 21.1. The van der Waals surface area contributed by atoms with Crippen molar-refractivity contribution < 1.29 is 24.6 Å². The van der Waals surface area contributed by atoms with Gasteiger partial charge in [0.15, 0.2) is 0 Å². The number of hydrogen-bond acceptors (Lipinski definition) is 4. The second kappa shape index (κ2) is 8.31. The van der Waals surface area contributed by atoms with E-state index in [1.165, 1.54) is 4.90 Å². The molecule has 0 aromatic heterocycles. The fourth-order valence-corrected chi connectivity index (χ4v) is 3.47. The monoisotopic (exact) mass is 393 g/mol. The van der Waals surface area contributed by atoms with Gasteiger partial charge in [-0.1, -0.05) is 59.7 Å². The number of carbonyl (C=O) groups is 3. The van der Waals surface area contributed by atoms with Gasteiger partial charge in [-0.3, -0.25) is 14.4 Å². The molecule has 6 nitrogen and oxygen atoms in total. The van der Waals surface area contributed by atoms with E-state index >= 15 is 0 Å². The van der Waals surface area contributed by atoms with Crippen LogP contribution >= 0.6 is 0 Å². The molecular weight excluding hydrogens is 370 g/mol. The molecule has 2 N–H and O–H groups in total. The molecule has 1 amide bonds. The van der Waals surface area contributed by atoms with Crippen molar-refractivity contribution in [1.29, 1.82) is 0 Å². The molecule has 1 aliphatic rings.